The predicted octanol–water partition coefficient (Wildman–Crippen LogP) is 2.64. The highest BCUT2D eigenvalue weighted by Crippen LogP contribution is 2.31. The van der Waals surface area contributed by atoms with E-state index >= 15 is 0 Å². The van der Waals surface area contributed by atoms with E-state index in [9.17, 15) is 14.9 Å². The summed E-state index contributed by atoms with van der Waals surface area (Å²) >= 11 is 5.81. The van der Waals surface area contributed by atoms with Gasteiger partial charge in [0.25, 0.3) is 5.91 Å². The van der Waals surface area contributed by atoms with Crippen LogP contribution in [-0.2, 0) is 4.79 Å². The lowest BCUT2D eigenvalue weighted by atomic mass is 10.3. The summed E-state index contributed by atoms with van der Waals surface area (Å²) in [4.78, 5) is 24.2. The molecule has 0 spiro atoms. The highest BCUT2D eigenvalue weighted by molar-refractivity contribution is 6.30. The molecular weight excluding hydrogens is 284 g/mol. The molecule has 1 aromatic carbocycles. The number of halogens is 1. The lowest BCUT2D eigenvalue weighted by Gasteiger charge is -2.21. The molecular formula is C13H15ClN2O4. The van der Waals surface area contributed by atoms with Gasteiger partial charge in [0.15, 0.2) is 11.9 Å². The molecule has 0 aromatic heterocycles. The van der Waals surface area contributed by atoms with Crippen molar-refractivity contribution in [1.29, 1.82) is 0 Å². The molecule has 2 rings (SSSR count). The number of hydrogen-bond acceptors (Lipinski definition) is 4. The third-order valence-electron chi connectivity index (χ3n) is 3.19. The summed E-state index contributed by atoms with van der Waals surface area (Å²) in [6.45, 7) is 3.01. The second-order valence-corrected chi connectivity index (χ2v) is 5.10. The number of nitrogens with zero attached hydrogens (tertiary/aromatic N) is 2. The smallest absolute Gasteiger partial charge is 0.311 e. The van der Waals surface area contributed by atoms with Crippen molar-refractivity contribution in [1.82, 2.24) is 4.90 Å². The van der Waals surface area contributed by atoms with E-state index in [-0.39, 0.29) is 17.3 Å². The zero-order valence-corrected chi connectivity index (χ0v) is 11.8. The Hall–Kier alpha value is -1.82. The number of ether oxygens (including phenoxy) is 1. The molecule has 1 fully saturated rings. The number of rotatable bonds is 4. The molecule has 0 bridgehead atoms. The summed E-state index contributed by atoms with van der Waals surface area (Å²) in [5.41, 5.74) is -0.199. The lowest BCUT2D eigenvalue weighted by molar-refractivity contribution is -0.386. The minimum absolute atomic E-state index is 0.0162. The van der Waals surface area contributed by atoms with Crippen molar-refractivity contribution in [2.24, 2.45) is 0 Å². The Morgan fingerprint density at radius 1 is 1.45 bits per heavy atom. The van der Waals surface area contributed by atoms with Crippen LogP contribution in [0.5, 0.6) is 5.75 Å². The summed E-state index contributed by atoms with van der Waals surface area (Å²) in [6.07, 6.45) is 1.19. The van der Waals surface area contributed by atoms with E-state index in [0.29, 0.717) is 18.1 Å². The third kappa shape index (κ3) is 3.19. The first-order valence-electron chi connectivity index (χ1n) is 6.38. The van der Waals surface area contributed by atoms with Crippen molar-refractivity contribution in [3.63, 3.8) is 0 Å². The van der Waals surface area contributed by atoms with Crippen molar-refractivity contribution in [3.8, 4) is 5.75 Å². The van der Waals surface area contributed by atoms with Gasteiger partial charge < -0.3 is 9.64 Å². The molecule has 1 saturated heterocycles. The molecule has 20 heavy (non-hydrogen) atoms. The van der Waals surface area contributed by atoms with Crippen LogP contribution in [0, 0.1) is 10.1 Å². The minimum Gasteiger partial charge on any atom is -0.474 e. The van der Waals surface area contributed by atoms with E-state index in [1.807, 2.05) is 0 Å². The Labute approximate surface area is 121 Å². The molecule has 6 nitrogen and oxygen atoms in total. The average molecular weight is 299 g/mol. The van der Waals surface area contributed by atoms with E-state index < -0.39 is 11.0 Å². The van der Waals surface area contributed by atoms with Crippen LogP contribution in [0.25, 0.3) is 0 Å². The van der Waals surface area contributed by atoms with Gasteiger partial charge >= 0.3 is 5.69 Å². The van der Waals surface area contributed by atoms with Gasteiger partial charge in [-0.05, 0) is 25.8 Å². The maximum Gasteiger partial charge on any atom is 0.311 e. The Balaban J connectivity index is 2.14. The van der Waals surface area contributed by atoms with Gasteiger partial charge in [-0.2, -0.15) is 0 Å². The summed E-state index contributed by atoms with van der Waals surface area (Å²) in [6, 6.07) is 4.04. The summed E-state index contributed by atoms with van der Waals surface area (Å²) < 4.78 is 5.44. The van der Waals surface area contributed by atoms with Gasteiger partial charge in [0.05, 0.1) is 4.92 Å². The van der Waals surface area contributed by atoms with Crippen molar-refractivity contribution >= 4 is 23.2 Å². The van der Waals surface area contributed by atoms with Crippen LogP contribution < -0.4 is 4.74 Å². The normalized spacial score (nSPS) is 16.0. The van der Waals surface area contributed by atoms with Crippen molar-refractivity contribution in [3.05, 3.63) is 33.3 Å². The number of hydrogen-bond donors (Lipinski definition) is 0. The first-order valence-corrected chi connectivity index (χ1v) is 6.76. The zero-order chi connectivity index (χ0) is 14.7. The van der Waals surface area contributed by atoms with E-state index in [1.165, 1.54) is 18.2 Å². The Kier molecular flexibility index (Phi) is 4.44. The van der Waals surface area contributed by atoms with Crippen molar-refractivity contribution in [2.75, 3.05) is 13.1 Å². The van der Waals surface area contributed by atoms with Gasteiger partial charge in [-0.1, -0.05) is 11.6 Å². The number of carbonyl (C=O) groups excluding carboxylic acids is 1. The Morgan fingerprint density at radius 3 is 2.70 bits per heavy atom. The maximum absolute atomic E-state index is 12.1. The van der Waals surface area contributed by atoms with Gasteiger partial charge in [-0.3, -0.25) is 14.9 Å². The SMILES string of the molecule is CC(Oc1cc(Cl)ccc1[N+](=O)[O-])C(=O)N1CCCC1. The van der Waals surface area contributed by atoms with Crippen LogP contribution in [0.15, 0.2) is 18.2 Å². The molecule has 1 aromatic rings. The quantitative estimate of drug-likeness (QED) is 0.633. The van der Waals surface area contributed by atoms with Gasteiger partial charge in [-0.25, -0.2) is 0 Å². The molecule has 1 atom stereocenters. The molecule has 1 amide bonds. The molecule has 1 aliphatic rings. The van der Waals surface area contributed by atoms with Gasteiger partial charge in [0, 0.05) is 30.2 Å². The van der Waals surface area contributed by atoms with Crippen LogP contribution in [0.1, 0.15) is 19.8 Å². The van der Waals surface area contributed by atoms with Gasteiger partial charge in [0.1, 0.15) is 0 Å². The number of nitro benzene ring substituents is 1. The van der Waals surface area contributed by atoms with Crippen molar-refractivity contribution in [2.45, 2.75) is 25.9 Å². The summed E-state index contributed by atoms with van der Waals surface area (Å²) in [5, 5.41) is 11.3. The Morgan fingerprint density at radius 2 is 2.10 bits per heavy atom. The number of carbonyl (C=O) groups is 1. The molecule has 108 valence electrons. The number of amides is 1. The first kappa shape index (κ1) is 14.6. The van der Waals surface area contributed by atoms with Crippen LogP contribution >= 0.6 is 11.6 Å². The third-order valence-corrected chi connectivity index (χ3v) is 3.42. The second-order valence-electron chi connectivity index (χ2n) is 4.66. The lowest BCUT2D eigenvalue weighted by Crippen LogP contribution is -2.38. The van der Waals surface area contributed by atoms with E-state index in [2.05, 4.69) is 0 Å². The predicted molar refractivity (Wildman–Crippen MR) is 74.0 cm³/mol. The van der Waals surface area contributed by atoms with E-state index in [0.717, 1.165) is 12.8 Å². The molecule has 1 unspecified atom stereocenters. The topological polar surface area (TPSA) is 72.7 Å². The van der Waals surface area contributed by atoms with E-state index in [4.69, 9.17) is 16.3 Å². The highest BCUT2D eigenvalue weighted by Gasteiger charge is 2.26. The van der Waals surface area contributed by atoms with Gasteiger partial charge in [0.2, 0.25) is 0 Å². The van der Waals surface area contributed by atoms with Crippen LogP contribution in [0.3, 0.4) is 0 Å². The molecule has 0 radical (unpaired) electrons. The molecule has 1 heterocycles. The van der Waals surface area contributed by atoms with E-state index in [1.54, 1.807) is 11.8 Å². The average Bonchev–Trinajstić information content (AvgIpc) is 2.91. The maximum atomic E-state index is 12.1. The fourth-order valence-corrected chi connectivity index (χ4v) is 2.33. The fraction of sp³-hybridized carbons (Fsp3) is 0.462. The number of likely N-dealkylation sites (tertiary alicyclic amines) is 1. The summed E-state index contributed by atoms with van der Waals surface area (Å²) in [5.74, 6) is -0.140. The monoisotopic (exact) mass is 298 g/mol. The second kappa shape index (κ2) is 6.09. The minimum atomic E-state index is -0.773. The first-order chi connectivity index (χ1) is 9.49. The highest BCUT2D eigenvalue weighted by atomic mass is 35.5. The van der Waals surface area contributed by atoms with Gasteiger partial charge in [-0.15, -0.1) is 0 Å². The fourth-order valence-electron chi connectivity index (χ4n) is 2.17. The number of nitro groups is 1. The molecule has 0 aliphatic carbocycles. The number of benzene rings is 1. The standard InChI is InChI=1S/C13H15ClN2O4/c1-9(13(17)15-6-2-3-7-15)20-12-8-10(14)4-5-11(12)16(18)19/h4-5,8-9H,2-3,6-7H2,1H3. The molecule has 0 N–H and O–H groups in total. The van der Waals surface area contributed by atoms with Crippen LogP contribution in [0.2, 0.25) is 5.02 Å². The molecule has 0 saturated carbocycles. The van der Waals surface area contributed by atoms with Crippen molar-refractivity contribution < 1.29 is 14.5 Å². The van der Waals surface area contributed by atoms with Crippen LogP contribution in [0.4, 0.5) is 5.69 Å². The van der Waals surface area contributed by atoms with Crippen LogP contribution in [-0.4, -0.2) is 34.9 Å². The summed E-state index contributed by atoms with van der Waals surface area (Å²) in [7, 11) is 0. The Bertz CT molecular complexity index is 529. The largest absolute Gasteiger partial charge is 0.474 e. The molecule has 1 aliphatic heterocycles. The zero-order valence-electron chi connectivity index (χ0n) is 11.0. The molecule has 7 heteroatoms.